The Kier molecular flexibility index (Phi) is 3.95. The molecule has 0 radical (unpaired) electrons. The van der Waals surface area contributed by atoms with Crippen molar-refractivity contribution < 1.29 is 13.2 Å². The number of aryl methyl sites for hydroxylation is 2. The largest absolute Gasteiger partial charge is 0.378 e. The van der Waals surface area contributed by atoms with Crippen LogP contribution in [0.15, 0.2) is 4.90 Å². The van der Waals surface area contributed by atoms with E-state index in [4.69, 9.17) is 4.74 Å². The molecule has 0 bridgehead atoms. The highest BCUT2D eigenvalue weighted by Gasteiger charge is 2.33. The third-order valence-electron chi connectivity index (χ3n) is 3.48. The lowest BCUT2D eigenvalue weighted by Crippen LogP contribution is -2.43. The third-order valence-corrected chi connectivity index (χ3v) is 5.22. The Balaban J connectivity index is 2.28. The number of sulfonamides is 1. The number of ether oxygens (including phenoxy) is 1. The van der Waals surface area contributed by atoms with Crippen molar-refractivity contribution in [3.05, 3.63) is 11.4 Å². The number of rotatable bonds is 4. The molecule has 108 valence electrons. The maximum Gasteiger partial charge on any atom is 0.244 e. The van der Waals surface area contributed by atoms with Crippen LogP contribution < -0.4 is 10.0 Å². The molecular weight excluding hydrogens is 268 g/mol. The van der Waals surface area contributed by atoms with Gasteiger partial charge < -0.3 is 10.1 Å². The number of methoxy groups -OCH3 is 1. The Morgan fingerprint density at radius 2 is 2.11 bits per heavy atom. The lowest BCUT2D eigenvalue weighted by Gasteiger charge is -2.18. The fourth-order valence-electron chi connectivity index (χ4n) is 2.42. The normalized spacial score (nSPS) is 24.0. The van der Waals surface area contributed by atoms with E-state index in [0.29, 0.717) is 24.5 Å². The van der Waals surface area contributed by atoms with Crippen molar-refractivity contribution in [2.24, 2.45) is 7.05 Å². The molecule has 2 N–H and O–H groups in total. The zero-order valence-electron chi connectivity index (χ0n) is 11.6. The van der Waals surface area contributed by atoms with Crippen molar-refractivity contribution in [3.63, 3.8) is 0 Å². The Labute approximate surface area is 113 Å². The van der Waals surface area contributed by atoms with Crippen molar-refractivity contribution in [1.29, 1.82) is 0 Å². The van der Waals surface area contributed by atoms with Crippen molar-refractivity contribution in [1.82, 2.24) is 19.8 Å². The van der Waals surface area contributed by atoms with Crippen LogP contribution in [-0.2, 0) is 21.8 Å². The predicted octanol–water partition coefficient (Wildman–Crippen LogP) is -0.698. The predicted molar refractivity (Wildman–Crippen MR) is 70.5 cm³/mol. The highest BCUT2D eigenvalue weighted by Crippen LogP contribution is 2.19. The fourth-order valence-corrected chi connectivity index (χ4v) is 4.12. The van der Waals surface area contributed by atoms with Crippen molar-refractivity contribution in [2.45, 2.75) is 30.9 Å². The van der Waals surface area contributed by atoms with E-state index in [1.807, 2.05) is 0 Å². The first kappa shape index (κ1) is 14.4. The van der Waals surface area contributed by atoms with Gasteiger partial charge in [0.25, 0.3) is 0 Å². The van der Waals surface area contributed by atoms with Crippen molar-refractivity contribution >= 4 is 10.0 Å². The third kappa shape index (κ3) is 2.66. The summed E-state index contributed by atoms with van der Waals surface area (Å²) in [5, 5.41) is 7.25. The molecule has 0 spiro atoms. The molecule has 19 heavy (non-hydrogen) atoms. The zero-order chi connectivity index (χ0) is 14.2. The molecule has 1 aromatic heterocycles. The average molecular weight is 288 g/mol. The summed E-state index contributed by atoms with van der Waals surface area (Å²) in [5.74, 6) is 0. The van der Waals surface area contributed by atoms with Gasteiger partial charge in [0.2, 0.25) is 10.0 Å². The highest BCUT2D eigenvalue weighted by atomic mass is 32.2. The van der Waals surface area contributed by atoms with Crippen molar-refractivity contribution in [3.8, 4) is 0 Å². The fraction of sp³-hybridized carbons (Fsp3) is 0.727. The van der Waals surface area contributed by atoms with Crippen LogP contribution in [0.5, 0.6) is 0 Å². The summed E-state index contributed by atoms with van der Waals surface area (Å²) in [6.45, 7) is 4.66. The number of hydrogen-bond donors (Lipinski definition) is 2. The standard InChI is InChI=1S/C11H20N4O3S/c1-7-11(8(2)15(3)13-7)19(16,17)14-9-5-12-6-10(9)18-4/h9-10,12,14H,5-6H2,1-4H3/t9-,10-/m0/s1. The molecule has 2 heterocycles. The molecule has 1 aromatic rings. The SMILES string of the molecule is CO[C@H]1CNC[C@@H]1NS(=O)(=O)c1c(C)nn(C)c1C. The number of nitrogens with zero attached hydrogens (tertiary/aromatic N) is 2. The van der Waals surface area contributed by atoms with Gasteiger partial charge in [-0.15, -0.1) is 0 Å². The average Bonchev–Trinajstić information content (AvgIpc) is 2.84. The van der Waals surface area contributed by atoms with Gasteiger partial charge in [0, 0.05) is 27.2 Å². The molecule has 0 saturated carbocycles. The van der Waals surface area contributed by atoms with Crippen LogP contribution in [0.2, 0.25) is 0 Å². The topological polar surface area (TPSA) is 85.2 Å². The lowest BCUT2D eigenvalue weighted by atomic mass is 10.2. The quantitative estimate of drug-likeness (QED) is 0.765. The van der Waals surface area contributed by atoms with E-state index in [2.05, 4.69) is 15.1 Å². The van der Waals surface area contributed by atoms with Gasteiger partial charge in [0.15, 0.2) is 0 Å². The van der Waals surface area contributed by atoms with E-state index >= 15 is 0 Å². The number of aromatic nitrogens is 2. The Morgan fingerprint density at radius 1 is 1.42 bits per heavy atom. The summed E-state index contributed by atoms with van der Waals surface area (Å²) in [7, 11) is -0.265. The number of nitrogens with one attached hydrogen (secondary N) is 2. The van der Waals surface area contributed by atoms with E-state index in [9.17, 15) is 8.42 Å². The molecular formula is C11H20N4O3S. The molecule has 2 atom stereocenters. The van der Waals surface area contributed by atoms with Gasteiger partial charge in [0.05, 0.1) is 23.5 Å². The van der Waals surface area contributed by atoms with E-state index in [-0.39, 0.29) is 17.0 Å². The summed E-state index contributed by atoms with van der Waals surface area (Å²) in [6.07, 6.45) is -0.146. The lowest BCUT2D eigenvalue weighted by molar-refractivity contribution is 0.103. The minimum Gasteiger partial charge on any atom is -0.378 e. The molecule has 1 fully saturated rings. The van der Waals surface area contributed by atoms with Gasteiger partial charge in [-0.3, -0.25) is 4.68 Å². The molecule has 2 rings (SSSR count). The van der Waals surface area contributed by atoms with Crippen molar-refractivity contribution in [2.75, 3.05) is 20.2 Å². The Bertz CT molecular complexity index is 567. The van der Waals surface area contributed by atoms with Crippen LogP contribution in [0, 0.1) is 13.8 Å². The monoisotopic (exact) mass is 288 g/mol. The summed E-state index contributed by atoms with van der Waals surface area (Å²) >= 11 is 0. The Hall–Kier alpha value is -0.960. The highest BCUT2D eigenvalue weighted by molar-refractivity contribution is 7.89. The summed E-state index contributed by atoms with van der Waals surface area (Å²) in [6, 6.07) is -0.256. The second-order valence-corrected chi connectivity index (χ2v) is 6.43. The molecule has 1 aliphatic rings. The van der Waals surface area contributed by atoms with E-state index < -0.39 is 10.0 Å². The molecule has 0 aromatic carbocycles. The smallest absolute Gasteiger partial charge is 0.244 e. The van der Waals surface area contributed by atoms with E-state index in [1.54, 1.807) is 32.7 Å². The first-order valence-corrected chi connectivity index (χ1v) is 7.61. The maximum atomic E-state index is 12.5. The molecule has 8 heteroatoms. The zero-order valence-corrected chi connectivity index (χ0v) is 12.4. The minimum absolute atomic E-state index is 0.146. The van der Waals surface area contributed by atoms with Gasteiger partial charge in [0.1, 0.15) is 4.90 Å². The van der Waals surface area contributed by atoms with Gasteiger partial charge in [-0.1, -0.05) is 0 Å². The maximum absolute atomic E-state index is 12.5. The van der Waals surface area contributed by atoms with E-state index in [0.717, 1.165) is 0 Å². The van der Waals surface area contributed by atoms with Gasteiger partial charge in [-0.05, 0) is 13.8 Å². The summed E-state index contributed by atoms with van der Waals surface area (Å²) in [4.78, 5) is 0.261. The first-order valence-electron chi connectivity index (χ1n) is 6.13. The van der Waals surface area contributed by atoms with Gasteiger partial charge in [-0.2, -0.15) is 5.10 Å². The van der Waals surface area contributed by atoms with Crippen LogP contribution >= 0.6 is 0 Å². The first-order chi connectivity index (χ1) is 8.86. The molecule has 0 amide bonds. The van der Waals surface area contributed by atoms with Gasteiger partial charge in [-0.25, -0.2) is 13.1 Å². The second-order valence-electron chi connectivity index (χ2n) is 4.78. The van der Waals surface area contributed by atoms with E-state index in [1.165, 1.54) is 0 Å². The number of hydrogen-bond acceptors (Lipinski definition) is 5. The molecule has 1 aliphatic heterocycles. The Morgan fingerprint density at radius 3 is 2.63 bits per heavy atom. The van der Waals surface area contributed by atoms with Gasteiger partial charge >= 0.3 is 0 Å². The van der Waals surface area contributed by atoms with Crippen LogP contribution in [0.4, 0.5) is 0 Å². The molecule has 0 unspecified atom stereocenters. The van der Waals surface area contributed by atoms with Crippen LogP contribution in [0.3, 0.4) is 0 Å². The minimum atomic E-state index is -3.58. The molecule has 7 nitrogen and oxygen atoms in total. The molecule has 1 saturated heterocycles. The molecule has 0 aliphatic carbocycles. The van der Waals surface area contributed by atoms with Crippen LogP contribution in [0.1, 0.15) is 11.4 Å². The summed E-state index contributed by atoms with van der Waals surface area (Å²) < 4.78 is 34.4. The van der Waals surface area contributed by atoms with Crippen LogP contribution in [-0.4, -0.2) is 50.5 Å². The summed E-state index contributed by atoms with van der Waals surface area (Å²) in [5.41, 5.74) is 1.14. The van der Waals surface area contributed by atoms with Crippen LogP contribution in [0.25, 0.3) is 0 Å². The second kappa shape index (κ2) is 5.20.